The van der Waals surface area contributed by atoms with E-state index < -0.39 is 11.8 Å². The van der Waals surface area contributed by atoms with Crippen LogP contribution in [0.4, 0.5) is 5.69 Å². The topological polar surface area (TPSA) is 97.5 Å². The van der Waals surface area contributed by atoms with E-state index in [1.807, 2.05) is 0 Å². The summed E-state index contributed by atoms with van der Waals surface area (Å²) in [5.74, 6) is -2.03. The number of carboxylic acids is 1. The fraction of sp³-hybridized carbons (Fsp3) is 0.182. The van der Waals surface area contributed by atoms with Crippen LogP contribution in [0.3, 0.4) is 0 Å². The van der Waals surface area contributed by atoms with E-state index in [2.05, 4.69) is 0 Å². The van der Waals surface area contributed by atoms with Crippen LogP contribution in [0, 0.1) is 0 Å². The number of nitrogen functional groups attached to an aromatic ring is 1. The second-order valence-electron chi connectivity index (χ2n) is 3.37. The molecule has 0 saturated carbocycles. The number of nitrogens with two attached hydrogens (primary N) is 1. The van der Waals surface area contributed by atoms with Gasteiger partial charge in [0.1, 0.15) is 0 Å². The van der Waals surface area contributed by atoms with Gasteiger partial charge in [0.15, 0.2) is 11.6 Å². The van der Waals surface area contributed by atoms with Gasteiger partial charge < -0.3 is 10.8 Å². The molecule has 16 heavy (non-hydrogen) atoms. The lowest BCUT2D eigenvalue weighted by molar-refractivity contribution is 0.0692. The van der Waals surface area contributed by atoms with Crippen LogP contribution in [0.15, 0.2) is 12.1 Å². The van der Waals surface area contributed by atoms with Gasteiger partial charge in [0.25, 0.3) is 0 Å². The van der Waals surface area contributed by atoms with Crippen LogP contribution in [0.2, 0.25) is 0 Å². The molecule has 0 aliphatic heterocycles. The largest absolute Gasteiger partial charge is 0.478 e. The molecule has 0 aromatic heterocycles. The number of hydrogen-bond acceptors (Lipinski definition) is 4. The molecule has 0 aliphatic rings. The number of carbonyl (C=O) groups excluding carboxylic acids is 2. The maximum absolute atomic E-state index is 11.3. The third kappa shape index (κ3) is 1.93. The van der Waals surface area contributed by atoms with E-state index >= 15 is 0 Å². The van der Waals surface area contributed by atoms with Gasteiger partial charge in [-0.15, -0.1) is 0 Å². The van der Waals surface area contributed by atoms with Gasteiger partial charge >= 0.3 is 5.97 Å². The molecule has 0 unspecified atom stereocenters. The van der Waals surface area contributed by atoms with Crippen molar-refractivity contribution < 1.29 is 19.5 Å². The average Bonchev–Trinajstić information content (AvgIpc) is 2.15. The molecule has 0 amide bonds. The summed E-state index contributed by atoms with van der Waals surface area (Å²) in [5, 5.41) is 8.88. The minimum atomic E-state index is -1.24. The second kappa shape index (κ2) is 4.14. The number of hydrogen-bond donors (Lipinski definition) is 2. The van der Waals surface area contributed by atoms with Gasteiger partial charge in [0, 0.05) is 5.56 Å². The SMILES string of the molecule is CC(=O)c1ccc(C(=O)O)c(C(C)=O)c1N. The number of aromatic carboxylic acids is 1. The third-order valence-electron chi connectivity index (χ3n) is 2.21. The Hall–Kier alpha value is -2.17. The molecule has 0 atom stereocenters. The van der Waals surface area contributed by atoms with Gasteiger partial charge in [-0.1, -0.05) is 0 Å². The van der Waals surface area contributed by atoms with Crippen molar-refractivity contribution in [2.45, 2.75) is 13.8 Å². The van der Waals surface area contributed by atoms with Gasteiger partial charge in [-0.25, -0.2) is 4.79 Å². The lowest BCUT2D eigenvalue weighted by atomic mass is 9.96. The van der Waals surface area contributed by atoms with Crippen molar-refractivity contribution in [1.82, 2.24) is 0 Å². The molecule has 5 nitrogen and oxygen atoms in total. The van der Waals surface area contributed by atoms with Gasteiger partial charge in [-0.05, 0) is 26.0 Å². The highest BCUT2D eigenvalue weighted by Crippen LogP contribution is 2.23. The number of Topliss-reactive ketones (excluding diaryl/α,β-unsaturated/α-hetero) is 2. The molecule has 0 bridgehead atoms. The highest BCUT2D eigenvalue weighted by molar-refractivity contribution is 6.12. The van der Waals surface area contributed by atoms with Gasteiger partial charge in [-0.3, -0.25) is 9.59 Å². The van der Waals surface area contributed by atoms with E-state index in [1.54, 1.807) is 0 Å². The Morgan fingerprint density at radius 3 is 1.94 bits per heavy atom. The summed E-state index contributed by atoms with van der Waals surface area (Å²) in [6.45, 7) is 2.51. The molecule has 0 saturated heterocycles. The molecule has 0 aliphatic carbocycles. The molecule has 5 heteroatoms. The summed E-state index contributed by atoms with van der Waals surface area (Å²) in [5.41, 5.74) is 5.42. The number of anilines is 1. The minimum absolute atomic E-state index is 0.0695. The van der Waals surface area contributed by atoms with Crippen molar-refractivity contribution in [2.24, 2.45) is 0 Å². The van der Waals surface area contributed by atoms with E-state index in [9.17, 15) is 14.4 Å². The molecule has 0 spiro atoms. The van der Waals surface area contributed by atoms with Crippen molar-refractivity contribution in [2.75, 3.05) is 5.73 Å². The first-order valence-corrected chi connectivity index (χ1v) is 4.54. The summed E-state index contributed by atoms with van der Waals surface area (Å²) >= 11 is 0. The zero-order chi connectivity index (χ0) is 12.5. The van der Waals surface area contributed by atoms with Gasteiger partial charge in [-0.2, -0.15) is 0 Å². The highest BCUT2D eigenvalue weighted by atomic mass is 16.4. The summed E-state index contributed by atoms with van der Waals surface area (Å²) in [6.07, 6.45) is 0. The van der Waals surface area contributed by atoms with Crippen LogP contribution in [-0.2, 0) is 0 Å². The molecule has 0 fully saturated rings. The Bertz CT molecular complexity index is 491. The first kappa shape index (κ1) is 11.9. The van der Waals surface area contributed by atoms with E-state index in [0.717, 1.165) is 0 Å². The Balaban J connectivity index is 3.60. The molecular formula is C11H11NO4. The second-order valence-corrected chi connectivity index (χ2v) is 3.37. The van der Waals surface area contributed by atoms with E-state index in [-0.39, 0.29) is 28.2 Å². The van der Waals surface area contributed by atoms with Gasteiger partial charge in [0.2, 0.25) is 0 Å². The first-order valence-electron chi connectivity index (χ1n) is 4.54. The smallest absolute Gasteiger partial charge is 0.336 e. The zero-order valence-corrected chi connectivity index (χ0v) is 8.90. The van der Waals surface area contributed by atoms with Crippen LogP contribution in [0.1, 0.15) is 44.9 Å². The van der Waals surface area contributed by atoms with Crippen molar-refractivity contribution in [3.63, 3.8) is 0 Å². The summed E-state index contributed by atoms with van der Waals surface area (Å²) in [7, 11) is 0. The Morgan fingerprint density at radius 2 is 1.56 bits per heavy atom. The molecular weight excluding hydrogens is 210 g/mol. The predicted octanol–water partition coefficient (Wildman–Crippen LogP) is 1.37. The Kier molecular flexibility index (Phi) is 3.08. The van der Waals surface area contributed by atoms with Gasteiger partial charge in [0.05, 0.1) is 16.8 Å². The Labute approximate surface area is 91.9 Å². The summed E-state index contributed by atoms with van der Waals surface area (Å²) in [4.78, 5) is 33.4. The number of rotatable bonds is 3. The molecule has 1 rings (SSSR count). The number of benzene rings is 1. The Morgan fingerprint density at radius 1 is 1.06 bits per heavy atom. The molecule has 0 radical (unpaired) electrons. The number of carboxylic acid groups (broad SMARTS) is 1. The lowest BCUT2D eigenvalue weighted by Crippen LogP contribution is -2.13. The standard InChI is InChI=1S/C11H11NO4/c1-5(13)7-3-4-8(11(15)16)9(6(2)14)10(7)12/h3-4H,12H2,1-2H3,(H,15,16). The normalized spacial score (nSPS) is 9.88. The van der Waals surface area contributed by atoms with E-state index in [1.165, 1.54) is 26.0 Å². The molecule has 0 heterocycles. The predicted molar refractivity (Wildman–Crippen MR) is 57.8 cm³/mol. The molecule has 1 aromatic carbocycles. The van der Waals surface area contributed by atoms with Crippen molar-refractivity contribution in [3.05, 3.63) is 28.8 Å². The first-order chi connectivity index (χ1) is 7.36. The monoisotopic (exact) mass is 221 g/mol. The molecule has 3 N–H and O–H groups in total. The summed E-state index contributed by atoms with van der Waals surface area (Å²) < 4.78 is 0. The maximum atomic E-state index is 11.3. The highest BCUT2D eigenvalue weighted by Gasteiger charge is 2.20. The van der Waals surface area contributed by atoms with Crippen LogP contribution in [-0.4, -0.2) is 22.6 Å². The average molecular weight is 221 g/mol. The minimum Gasteiger partial charge on any atom is -0.478 e. The van der Waals surface area contributed by atoms with Crippen LogP contribution in [0.25, 0.3) is 0 Å². The fourth-order valence-corrected chi connectivity index (χ4v) is 1.48. The van der Waals surface area contributed by atoms with Crippen LogP contribution in [0.5, 0.6) is 0 Å². The number of ketones is 2. The van der Waals surface area contributed by atoms with Crippen LogP contribution >= 0.6 is 0 Å². The van der Waals surface area contributed by atoms with Crippen LogP contribution < -0.4 is 5.73 Å². The maximum Gasteiger partial charge on any atom is 0.336 e. The van der Waals surface area contributed by atoms with Crippen molar-refractivity contribution in [3.8, 4) is 0 Å². The fourth-order valence-electron chi connectivity index (χ4n) is 1.48. The lowest BCUT2D eigenvalue weighted by Gasteiger charge is -2.09. The van der Waals surface area contributed by atoms with E-state index in [4.69, 9.17) is 10.8 Å². The zero-order valence-electron chi connectivity index (χ0n) is 8.90. The van der Waals surface area contributed by atoms with Crippen molar-refractivity contribution >= 4 is 23.2 Å². The van der Waals surface area contributed by atoms with E-state index in [0.29, 0.717) is 0 Å². The quantitative estimate of drug-likeness (QED) is 0.593. The van der Waals surface area contributed by atoms with Crippen molar-refractivity contribution in [1.29, 1.82) is 0 Å². The molecule has 1 aromatic rings. The number of carbonyl (C=O) groups is 3. The summed E-state index contributed by atoms with van der Waals surface area (Å²) in [6, 6.07) is 2.53. The third-order valence-corrected chi connectivity index (χ3v) is 2.21. The molecule has 84 valence electrons.